The fourth-order valence-electron chi connectivity index (χ4n) is 3.70. The normalized spacial score (nSPS) is 52.6. The Bertz CT molecular complexity index is 451. The van der Waals surface area contributed by atoms with Crippen molar-refractivity contribution < 1.29 is 55.9 Å². The smallest absolute Gasteiger partial charge is 0.220 e. The van der Waals surface area contributed by atoms with Crippen molar-refractivity contribution in [2.75, 3.05) is 0 Å². The molecule has 2 saturated carbocycles. The van der Waals surface area contributed by atoms with Crippen molar-refractivity contribution in [2.45, 2.75) is 80.0 Å². The third kappa shape index (κ3) is 3.22. The van der Waals surface area contributed by atoms with Crippen LogP contribution in [0.2, 0.25) is 0 Å². The summed E-state index contributed by atoms with van der Waals surface area (Å²) in [6.07, 6.45) is -19.7. The van der Waals surface area contributed by atoms with Gasteiger partial charge in [0.15, 0.2) is 0 Å². The molecule has 2 rings (SSSR count). The van der Waals surface area contributed by atoms with Gasteiger partial charge in [-0.2, -0.15) is 0 Å². The molecular formula is C14H25NO11. The maximum atomic E-state index is 12.1. The summed E-state index contributed by atoms with van der Waals surface area (Å²) in [5, 5.41) is 99.4. The Morgan fingerprint density at radius 1 is 0.500 bits per heavy atom. The molecule has 10 N–H and O–H groups in total. The first-order valence-corrected chi connectivity index (χ1v) is 8.03. The van der Waals surface area contributed by atoms with Gasteiger partial charge in [-0.1, -0.05) is 0 Å². The van der Waals surface area contributed by atoms with Gasteiger partial charge in [0.2, 0.25) is 5.91 Å². The lowest BCUT2D eigenvalue weighted by molar-refractivity contribution is -0.244. The molecule has 0 aliphatic heterocycles. The Labute approximate surface area is 147 Å². The van der Waals surface area contributed by atoms with Crippen LogP contribution in [0.4, 0.5) is 0 Å². The third-order valence-electron chi connectivity index (χ3n) is 5.20. The van der Waals surface area contributed by atoms with Gasteiger partial charge < -0.3 is 56.0 Å². The molecule has 26 heavy (non-hydrogen) atoms. The first kappa shape index (κ1) is 21.4. The minimum Gasteiger partial charge on any atom is -0.388 e. The molecule has 0 aromatic carbocycles. The van der Waals surface area contributed by atoms with Crippen molar-refractivity contribution in [3.8, 4) is 0 Å². The topological polar surface area (TPSA) is 223 Å². The lowest BCUT2D eigenvalue weighted by Gasteiger charge is -2.53. The largest absolute Gasteiger partial charge is 0.388 e. The maximum absolute atomic E-state index is 12.1. The Hall–Kier alpha value is -0.930. The van der Waals surface area contributed by atoms with Crippen LogP contribution in [0.5, 0.6) is 0 Å². The van der Waals surface area contributed by atoms with Gasteiger partial charge in [-0.25, -0.2) is 0 Å². The predicted molar refractivity (Wildman–Crippen MR) is 80.2 cm³/mol. The highest BCUT2D eigenvalue weighted by atomic mass is 16.4. The number of carbonyl (C=O) groups is 1. The van der Waals surface area contributed by atoms with Gasteiger partial charge in [0.1, 0.15) is 61.0 Å². The average molecular weight is 383 g/mol. The van der Waals surface area contributed by atoms with Gasteiger partial charge in [-0.3, -0.25) is 4.79 Å². The first-order valence-electron chi connectivity index (χ1n) is 8.03. The minimum atomic E-state index is -1.99. The SMILES string of the molecule is CC(=O)N(C1[C@@H](O)[C@H](O)C(O)[C@@H](O)[C@H]1O)C1[C@@H](O)[C@H](O)C(O)[C@@H](O)[C@H]1O. The van der Waals surface area contributed by atoms with Crippen LogP contribution in [-0.4, -0.2) is 135 Å². The summed E-state index contributed by atoms with van der Waals surface area (Å²) < 4.78 is 0. The molecule has 2 fully saturated rings. The molecule has 0 spiro atoms. The molecule has 12 nitrogen and oxygen atoms in total. The first-order chi connectivity index (χ1) is 11.9. The average Bonchev–Trinajstić information content (AvgIpc) is 2.60. The van der Waals surface area contributed by atoms with Gasteiger partial charge >= 0.3 is 0 Å². The van der Waals surface area contributed by atoms with Crippen molar-refractivity contribution in [2.24, 2.45) is 0 Å². The summed E-state index contributed by atoms with van der Waals surface area (Å²) in [4.78, 5) is 12.7. The van der Waals surface area contributed by atoms with Crippen LogP contribution in [0.1, 0.15) is 6.92 Å². The zero-order valence-corrected chi connectivity index (χ0v) is 13.8. The molecule has 4 unspecified atom stereocenters. The summed E-state index contributed by atoms with van der Waals surface area (Å²) in [5.74, 6) is -0.956. The van der Waals surface area contributed by atoms with Gasteiger partial charge in [0.05, 0.1) is 12.1 Å². The third-order valence-corrected chi connectivity index (χ3v) is 5.20. The number of hydrogen-bond donors (Lipinski definition) is 10. The van der Waals surface area contributed by atoms with E-state index in [2.05, 4.69) is 0 Å². The zero-order valence-electron chi connectivity index (χ0n) is 13.8. The highest BCUT2D eigenvalue weighted by molar-refractivity contribution is 5.74. The Morgan fingerprint density at radius 2 is 0.692 bits per heavy atom. The van der Waals surface area contributed by atoms with E-state index in [0.717, 1.165) is 6.92 Å². The number of hydrogen-bond acceptors (Lipinski definition) is 11. The second kappa shape index (κ2) is 7.59. The molecule has 2 aliphatic rings. The summed E-state index contributed by atoms with van der Waals surface area (Å²) in [5.41, 5.74) is 0. The van der Waals surface area contributed by atoms with Crippen molar-refractivity contribution in [3.05, 3.63) is 0 Å². The van der Waals surface area contributed by atoms with Crippen LogP contribution >= 0.6 is 0 Å². The fourth-order valence-corrected chi connectivity index (χ4v) is 3.70. The van der Waals surface area contributed by atoms with Crippen molar-refractivity contribution in [1.82, 2.24) is 4.90 Å². The van der Waals surface area contributed by atoms with E-state index >= 15 is 0 Å². The number of rotatable bonds is 2. The quantitative estimate of drug-likeness (QED) is 0.216. The molecule has 2 aliphatic carbocycles. The van der Waals surface area contributed by atoms with E-state index in [1.54, 1.807) is 0 Å². The maximum Gasteiger partial charge on any atom is 0.220 e. The highest BCUT2D eigenvalue weighted by Gasteiger charge is 2.57. The van der Waals surface area contributed by atoms with Crippen molar-refractivity contribution in [1.29, 1.82) is 0 Å². The van der Waals surface area contributed by atoms with Crippen LogP contribution in [0, 0.1) is 0 Å². The summed E-state index contributed by atoms with van der Waals surface area (Å²) in [7, 11) is 0. The van der Waals surface area contributed by atoms with E-state index in [1.807, 2.05) is 0 Å². The number of aliphatic hydroxyl groups is 10. The van der Waals surface area contributed by atoms with Crippen LogP contribution in [0.25, 0.3) is 0 Å². The minimum absolute atomic E-state index is 0.515. The van der Waals surface area contributed by atoms with Crippen LogP contribution in [0.3, 0.4) is 0 Å². The van der Waals surface area contributed by atoms with E-state index in [1.165, 1.54) is 0 Å². The molecule has 152 valence electrons. The number of nitrogens with zero attached hydrogens (tertiary/aromatic N) is 1. The summed E-state index contributed by atoms with van der Waals surface area (Å²) >= 11 is 0. The van der Waals surface area contributed by atoms with E-state index in [4.69, 9.17) is 0 Å². The van der Waals surface area contributed by atoms with E-state index < -0.39 is 79.0 Å². The molecular weight excluding hydrogens is 358 g/mol. The van der Waals surface area contributed by atoms with Gasteiger partial charge in [-0.15, -0.1) is 0 Å². The van der Waals surface area contributed by atoms with Crippen molar-refractivity contribution in [3.63, 3.8) is 0 Å². The lowest BCUT2D eigenvalue weighted by atomic mass is 9.77. The predicted octanol–water partition coefficient (Wildman–Crippen LogP) is -6.79. The number of carbonyl (C=O) groups excluding carboxylic acids is 1. The standard InChI is InChI=1S/C14H25NO11/c1-2(16)15(3-5(17)9(21)13(25)10(22)6(3)18)4-7(19)11(23)14(26)12(24)8(4)20/h3-14,17-26H,1H3/t3?,4?,5-,6+,7-,8+,9-,10-,11-,12-,13?,14?/m0/s1. The van der Waals surface area contributed by atoms with E-state index in [-0.39, 0.29) is 0 Å². The summed E-state index contributed by atoms with van der Waals surface area (Å²) in [6, 6.07) is -3.60. The van der Waals surface area contributed by atoms with E-state index in [9.17, 15) is 55.9 Å². The monoisotopic (exact) mass is 383 g/mol. The zero-order chi connectivity index (χ0) is 20.1. The van der Waals surface area contributed by atoms with Crippen LogP contribution < -0.4 is 0 Å². The van der Waals surface area contributed by atoms with Crippen molar-refractivity contribution >= 4 is 5.91 Å². The molecule has 0 radical (unpaired) electrons. The molecule has 0 bridgehead atoms. The molecule has 1 amide bonds. The molecule has 0 saturated heterocycles. The highest BCUT2D eigenvalue weighted by Crippen LogP contribution is 2.32. The summed E-state index contributed by atoms with van der Waals surface area (Å²) in [6.45, 7) is 0.923. The van der Waals surface area contributed by atoms with Gasteiger partial charge in [0.25, 0.3) is 0 Å². The van der Waals surface area contributed by atoms with Gasteiger partial charge in [-0.05, 0) is 0 Å². The second-order valence-electron chi connectivity index (χ2n) is 6.81. The number of amides is 1. The number of aliphatic hydroxyl groups excluding tert-OH is 10. The lowest BCUT2D eigenvalue weighted by Crippen LogP contribution is -2.76. The molecule has 12 heteroatoms. The van der Waals surface area contributed by atoms with Gasteiger partial charge in [0, 0.05) is 6.92 Å². The molecule has 0 aromatic rings. The Kier molecular flexibility index (Phi) is 6.24. The fraction of sp³-hybridized carbons (Fsp3) is 0.929. The van der Waals surface area contributed by atoms with E-state index in [0.29, 0.717) is 4.90 Å². The Balaban J connectivity index is 2.46. The second-order valence-corrected chi connectivity index (χ2v) is 6.81. The van der Waals surface area contributed by atoms with Crippen LogP contribution in [-0.2, 0) is 4.79 Å². The molecule has 0 heterocycles. The molecule has 12 atom stereocenters. The Morgan fingerprint density at radius 3 is 0.885 bits per heavy atom. The molecule has 0 aromatic heterocycles. The van der Waals surface area contributed by atoms with Crippen LogP contribution in [0.15, 0.2) is 0 Å².